The van der Waals surface area contributed by atoms with Crippen LogP contribution in [0.25, 0.3) is 16.8 Å². The van der Waals surface area contributed by atoms with Crippen LogP contribution in [-0.2, 0) is 11.0 Å². The average Bonchev–Trinajstić information content (AvgIpc) is 3.40. The van der Waals surface area contributed by atoms with Gasteiger partial charge in [0.2, 0.25) is 5.91 Å². The predicted octanol–water partition coefficient (Wildman–Crippen LogP) is 3.63. The summed E-state index contributed by atoms with van der Waals surface area (Å²) in [5.74, 6) is -2.65. The molecule has 0 spiro atoms. The molecule has 0 bridgehead atoms. The standard InChI is InChI=1S/C23H21F7N6O3/c1-2-39-17-4-3-11(16-6-13(23(28,29)30)19-20(31)32-10-33-36(16)19)5-12(17)21(38)34-15-9-35(8-14(15)24)18(37)7-22(25,26)27/h3-6,10,14-15H,2,7-9H2,1H3,(H,34,38)(H2,31,32,33)/t14-,15+/m0/s1. The van der Waals surface area contributed by atoms with Crippen LogP contribution in [0.15, 0.2) is 30.6 Å². The summed E-state index contributed by atoms with van der Waals surface area (Å²) in [5, 5.41) is 6.20. The normalized spacial score (nSPS) is 18.0. The number of nitrogens with two attached hydrogens (primary N) is 1. The Hall–Kier alpha value is -4.11. The molecule has 1 aromatic carbocycles. The minimum absolute atomic E-state index is 0.0169. The molecule has 1 fully saturated rings. The molecule has 3 heterocycles. The number of benzene rings is 1. The molecule has 3 N–H and O–H groups in total. The number of nitrogens with one attached hydrogen (secondary N) is 1. The predicted molar refractivity (Wildman–Crippen MR) is 122 cm³/mol. The summed E-state index contributed by atoms with van der Waals surface area (Å²) in [7, 11) is 0. The van der Waals surface area contributed by atoms with E-state index in [1.165, 1.54) is 18.2 Å². The van der Waals surface area contributed by atoms with Gasteiger partial charge in [0.25, 0.3) is 5.91 Å². The van der Waals surface area contributed by atoms with Crippen LogP contribution in [0.2, 0.25) is 0 Å². The minimum Gasteiger partial charge on any atom is -0.493 e. The molecule has 2 amide bonds. The zero-order chi connectivity index (χ0) is 28.7. The van der Waals surface area contributed by atoms with Gasteiger partial charge in [0.05, 0.1) is 36.0 Å². The van der Waals surface area contributed by atoms with Crippen molar-refractivity contribution in [1.82, 2.24) is 24.8 Å². The Bertz CT molecular complexity index is 1410. The molecule has 1 saturated heterocycles. The quantitative estimate of drug-likeness (QED) is 0.444. The SMILES string of the molecule is CCOc1ccc(-c2cc(C(F)(F)F)c3c(N)ncnn23)cc1C(=O)N[C@@H]1CN(C(=O)CC(F)(F)F)C[C@@H]1F. The second-order valence-corrected chi connectivity index (χ2v) is 8.68. The van der Waals surface area contributed by atoms with Gasteiger partial charge in [0.15, 0.2) is 5.82 Å². The lowest BCUT2D eigenvalue weighted by Crippen LogP contribution is -2.42. The van der Waals surface area contributed by atoms with Crippen molar-refractivity contribution in [1.29, 1.82) is 0 Å². The Kier molecular flexibility index (Phi) is 7.32. The van der Waals surface area contributed by atoms with Crippen LogP contribution in [0.3, 0.4) is 0 Å². The highest BCUT2D eigenvalue weighted by Crippen LogP contribution is 2.39. The Morgan fingerprint density at radius 2 is 1.87 bits per heavy atom. The number of likely N-dealkylation sites (tertiary alicyclic amines) is 1. The molecule has 210 valence electrons. The van der Waals surface area contributed by atoms with Gasteiger partial charge < -0.3 is 20.7 Å². The van der Waals surface area contributed by atoms with E-state index < -0.39 is 72.8 Å². The lowest BCUT2D eigenvalue weighted by atomic mass is 10.1. The van der Waals surface area contributed by atoms with Crippen molar-refractivity contribution in [3.8, 4) is 17.0 Å². The number of alkyl halides is 7. The van der Waals surface area contributed by atoms with E-state index in [4.69, 9.17) is 10.5 Å². The van der Waals surface area contributed by atoms with Crippen LogP contribution in [0.1, 0.15) is 29.3 Å². The van der Waals surface area contributed by atoms with Gasteiger partial charge in [-0.1, -0.05) is 0 Å². The number of halogens is 7. The average molecular weight is 562 g/mol. The molecule has 39 heavy (non-hydrogen) atoms. The molecule has 4 rings (SSSR count). The third-order valence-electron chi connectivity index (χ3n) is 5.98. The van der Waals surface area contributed by atoms with E-state index in [9.17, 15) is 40.3 Å². The third-order valence-corrected chi connectivity index (χ3v) is 5.98. The second kappa shape index (κ2) is 10.2. The highest BCUT2D eigenvalue weighted by molar-refractivity contribution is 5.98. The number of carbonyl (C=O) groups is 2. The topological polar surface area (TPSA) is 115 Å². The highest BCUT2D eigenvalue weighted by Gasteiger charge is 2.41. The van der Waals surface area contributed by atoms with E-state index in [1.54, 1.807) is 6.92 Å². The molecule has 16 heteroatoms. The maximum atomic E-state index is 14.6. The van der Waals surface area contributed by atoms with Crippen LogP contribution < -0.4 is 15.8 Å². The molecule has 0 saturated carbocycles. The smallest absolute Gasteiger partial charge is 0.418 e. The van der Waals surface area contributed by atoms with Crippen LogP contribution >= 0.6 is 0 Å². The van der Waals surface area contributed by atoms with Crippen LogP contribution in [0.5, 0.6) is 5.75 Å². The first-order chi connectivity index (χ1) is 18.2. The lowest BCUT2D eigenvalue weighted by molar-refractivity contribution is -0.160. The van der Waals surface area contributed by atoms with Gasteiger partial charge in [0, 0.05) is 12.1 Å². The number of amides is 2. The van der Waals surface area contributed by atoms with Gasteiger partial charge in [0.1, 0.15) is 30.2 Å². The fourth-order valence-corrected chi connectivity index (χ4v) is 4.27. The van der Waals surface area contributed by atoms with Gasteiger partial charge in [-0.2, -0.15) is 31.4 Å². The van der Waals surface area contributed by atoms with Crippen LogP contribution in [0, 0.1) is 0 Å². The molecule has 1 aliphatic rings. The molecule has 9 nitrogen and oxygen atoms in total. The first kappa shape index (κ1) is 27.9. The molecule has 3 aromatic rings. The maximum absolute atomic E-state index is 14.6. The number of anilines is 1. The number of hydrogen-bond acceptors (Lipinski definition) is 6. The number of nitrogens with zero attached hydrogens (tertiary/aromatic N) is 4. The molecule has 2 atom stereocenters. The van der Waals surface area contributed by atoms with Crippen molar-refractivity contribution in [3.63, 3.8) is 0 Å². The summed E-state index contributed by atoms with van der Waals surface area (Å²) in [6, 6.07) is 3.37. The van der Waals surface area contributed by atoms with Crippen LogP contribution in [-0.4, -0.2) is 69.4 Å². The van der Waals surface area contributed by atoms with Gasteiger partial charge in [-0.25, -0.2) is 13.9 Å². The van der Waals surface area contributed by atoms with Gasteiger partial charge >= 0.3 is 12.4 Å². The van der Waals surface area contributed by atoms with Crippen molar-refractivity contribution in [2.75, 3.05) is 25.4 Å². The Morgan fingerprint density at radius 1 is 1.15 bits per heavy atom. The summed E-state index contributed by atoms with van der Waals surface area (Å²) in [4.78, 5) is 29.3. The number of nitrogen functional groups attached to an aromatic ring is 1. The summed E-state index contributed by atoms with van der Waals surface area (Å²) >= 11 is 0. The third kappa shape index (κ3) is 5.83. The Morgan fingerprint density at radius 3 is 2.51 bits per heavy atom. The summed E-state index contributed by atoms with van der Waals surface area (Å²) in [6.07, 6.45) is -12.2. The molecule has 0 aliphatic carbocycles. The van der Waals surface area contributed by atoms with Gasteiger partial charge in [-0.15, -0.1) is 0 Å². The number of carbonyl (C=O) groups excluding carboxylic acids is 2. The zero-order valence-corrected chi connectivity index (χ0v) is 20.1. The van der Waals surface area contributed by atoms with E-state index in [2.05, 4.69) is 15.4 Å². The minimum atomic E-state index is -4.80. The number of rotatable bonds is 6. The zero-order valence-electron chi connectivity index (χ0n) is 20.1. The van der Waals surface area contributed by atoms with Gasteiger partial charge in [-0.3, -0.25) is 9.59 Å². The number of ether oxygens (including phenoxy) is 1. The van der Waals surface area contributed by atoms with E-state index in [0.717, 1.165) is 16.9 Å². The highest BCUT2D eigenvalue weighted by atomic mass is 19.4. The second-order valence-electron chi connectivity index (χ2n) is 8.68. The molecule has 2 aromatic heterocycles. The molecular weight excluding hydrogens is 541 g/mol. The molecule has 0 radical (unpaired) electrons. The van der Waals surface area contributed by atoms with Crippen LogP contribution in [0.4, 0.5) is 36.6 Å². The van der Waals surface area contributed by atoms with E-state index >= 15 is 0 Å². The summed E-state index contributed by atoms with van der Waals surface area (Å²) in [5.41, 5.74) is 3.90. The molecule has 1 aliphatic heterocycles. The molecular formula is C23H21F7N6O3. The van der Waals surface area contributed by atoms with Gasteiger partial charge in [-0.05, 0) is 31.2 Å². The fourth-order valence-electron chi connectivity index (χ4n) is 4.27. The molecule has 0 unspecified atom stereocenters. The van der Waals surface area contributed by atoms with Crippen molar-refractivity contribution in [2.24, 2.45) is 0 Å². The van der Waals surface area contributed by atoms with E-state index in [0.29, 0.717) is 4.90 Å². The number of fused-ring (bicyclic) bond motifs is 1. The summed E-state index contributed by atoms with van der Waals surface area (Å²) < 4.78 is 99.7. The van der Waals surface area contributed by atoms with Crippen molar-refractivity contribution >= 4 is 23.1 Å². The van der Waals surface area contributed by atoms with Crippen molar-refractivity contribution in [2.45, 2.75) is 37.9 Å². The van der Waals surface area contributed by atoms with Crippen molar-refractivity contribution in [3.05, 3.63) is 41.7 Å². The van der Waals surface area contributed by atoms with E-state index in [-0.39, 0.29) is 29.2 Å². The largest absolute Gasteiger partial charge is 0.493 e. The number of hydrogen-bond donors (Lipinski definition) is 2. The Labute approximate surface area is 215 Å². The monoisotopic (exact) mass is 562 g/mol. The number of aromatic nitrogens is 3. The van der Waals surface area contributed by atoms with E-state index in [1.807, 2.05) is 0 Å². The lowest BCUT2D eigenvalue weighted by Gasteiger charge is -2.18. The van der Waals surface area contributed by atoms with Crippen molar-refractivity contribution < 1.29 is 45.1 Å². The Balaban J connectivity index is 1.67. The fraction of sp³-hybridized carbons (Fsp3) is 0.391. The summed E-state index contributed by atoms with van der Waals surface area (Å²) in [6.45, 7) is 0.574. The first-order valence-electron chi connectivity index (χ1n) is 11.5. The maximum Gasteiger partial charge on any atom is 0.418 e. The first-order valence-corrected chi connectivity index (χ1v) is 11.5.